The Morgan fingerprint density at radius 2 is 2.12 bits per heavy atom. The Bertz CT molecular complexity index is 693. The summed E-state index contributed by atoms with van der Waals surface area (Å²) in [5.74, 6) is 0.193. The van der Waals surface area contributed by atoms with Gasteiger partial charge in [0.15, 0.2) is 0 Å². The summed E-state index contributed by atoms with van der Waals surface area (Å²) < 4.78 is 23.5. The molecule has 0 radical (unpaired) electrons. The summed E-state index contributed by atoms with van der Waals surface area (Å²) in [6.45, 7) is 2.50. The van der Waals surface area contributed by atoms with Gasteiger partial charge in [0, 0.05) is 37.3 Å². The highest BCUT2D eigenvalue weighted by Crippen LogP contribution is 2.33. The van der Waals surface area contributed by atoms with Crippen molar-refractivity contribution in [2.75, 3.05) is 40.0 Å². The molecule has 0 aliphatic carbocycles. The lowest BCUT2D eigenvalue weighted by molar-refractivity contribution is -0.137. The fourth-order valence-corrected chi connectivity index (χ4v) is 3.29. The number of fused-ring (bicyclic) bond motifs is 1. The smallest absolute Gasteiger partial charge is 0.248 e. The van der Waals surface area contributed by atoms with Crippen molar-refractivity contribution in [1.82, 2.24) is 9.88 Å². The lowest BCUT2D eigenvalue weighted by Gasteiger charge is -2.32. The number of likely N-dealkylation sites (tertiary alicyclic amines) is 1. The second kappa shape index (κ2) is 7.77. The van der Waals surface area contributed by atoms with Crippen LogP contribution in [0.5, 0.6) is 0 Å². The molecular formula is C18H23FN2O3. The van der Waals surface area contributed by atoms with Crippen LogP contribution in [-0.2, 0) is 14.3 Å². The molecule has 2 heterocycles. The standard InChI is InChI=1S/C18H23FN2O3/c1-23-8-9-24-12-18(22)21-6-4-13(5-7-21)16-11-20-17-10-14(19)2-3-15(16)17/h2-3,10-11,13,20H,4-9,12H2,1H3. The molecule has 0 saturated carbocycles. The highest BCUT2D eigenvalue weighted by atomic mass is 19.1. The van der Waals surface area contributed by atoms with Gasteiger partial charge in [-0.15, -0.1) is 0 Å². The number of aromatic nitrogens is 1. The summed E-state index contributed by atoms with van der Waals surface area (Å²) >= 11 is 0. The minimum absolute atomic E-state index is 0.0329. The van der Waals surface area contributed by atoms with E-state index >= 15 is 0 Å². The van der Waals surface area contributed by atoms with Crippen molar-refractivity contribution < 1.29 is 18.7 Å². The van der Waals surface area contributed by atoms with Crippen molar-refractivity contribution in [3.63, 3.8) is 0 Å². The molecule has 1 aliphatic heterocycles. The van der Waals surface area contributed by atoms with Crippen molar-refractivity contribution in [3.05, 3.63) is 35.8 Å². The van der Waals surface area contributed by atoms with Crippen LogP contribution in [0.3, 0.4) is 0 Å². The molecule has 2 aromatic rings. The number of methoxy groups -OCH3 is 1. The highest BCUT2D eigenvalue weighted by molar-refractivity contribution is 5.84. The molecule has 1 amide bonds. The average molecular weight is 334 g/mol. The zero-order valence-electron chi connectivity index (χ0n) is 13.9. The van der Waals surface area contributed by atoms with E-state index in [0.29, 0.717) is 19.1 Å². The fourth-order valence-electron chi connectivity index (χ4n) is 3.29. The number of hydrogen-bond donors (Lipinski definition) is 1. The van der Waals surface area contributed by atoms with E-state index in [1.165, 1.54) is 17.7 Å². The molecule has 3 rings (SSSR count). The van der Waals surface area contributed by atoms with Gasteiger partial charge in [-0.1, -0.05) is 0 Å². The first-order chi connectivity index (χ1) is 11.7. The van der Waals surface area contributed by atoms with Crippen molar-refractivity contribution in [2.24, 2.45) is 0 Å². The van der Waals surface area contributed by atoms with E-state index < -0.39 is 0 Å². The van der Waals surface area contributed by atoms with Crippen LogP contribution in [0.15, 0.2) is 24.4 Å². The first-order valence-electron chi connectivity index (χ1n) is 8.30. The van der Waals surface area contributed by atoms with Crippen LogP contribution in [0.4, 0.5) is 4.39 Å². The van der Waals surface area contributed by atoms with Gasteiger partial charge in [0.05, 0.1) is 13.2 Å². The molecule has 0 bridgehead atoms. The largest absolute Gasteiger partial charge is 0.382 e. The van der Waals surface area contributed by atoms with E-state index in [1.54, 1.807) is 7.11 Å². The van der Waals surface area contributed by atoms with E-state index in [1.807, 2.05) is 17.2 Å². The summed E-state index contributed by atoms with van der Waals surface area (Å²) in [5.41, 5.74) is 2.04. The number of H-pyrrole nitrogens is 1. The summed E-state index contributed by atoms with van der Waals surface area (Å²) in [7, 11) is 1.61. The minimum atomic E-state index is -0.232. The molecule has 5 nitrogen and oxygen atoms in total. The lowest BCUT2D eigenvalue weighted by atomic mass is 9.89. The Morgan fingerprint density at radius 3 is 2.88 bits per heavy atom. The van der Waals surface area contributed by atoms with Crippen LogP contribution in [0.2, 0.25) is 0 Å². The zero-order valence-corrected chi connectivity index (χ0v) is 13.9. The molecule has 1 saturated heterocycles. The van der Waals surface area contributed by atoms with Crippen LogP contribution in [0, 0.1) is 5.82 Å². The summed E-state index contributed by atoms with van der Waals surface area (Å²) in [6, 6.07) is 4.85. The Hall–Kier alpha value is -1.92. The molecule has 1 N–H and O–H groups in total. The van der Waals surface area contributed by atoms with E-state index in [0.717, 1.165) is 36.8 Å². The maximum absolute atomic E-state index is 13.3. The lowest BCUT2D eigenvalue weighted by Crippen LogP contribution is -2.40. The molecule has 1 fully saturated rings. The monoisotopic (exact) mass is 334 g/mol. The van der Waals surface area contributed by atoms with Gasteiger partial charge in [-0.3, -0.25) is 4.79 Å². The van der Waals surface area contributed by atoms with Gasteiger partial charge in [-0.25, -0.2) is 4.39 Å². The zero-order chi connectivity index (χ0) is 16.9. The summed E-state index contributed by atoms with van der Waals surface area (Å²) in [5, 5.41) is 1.07. The van der Waals surface area contributed by atoms with Crippen molar-refractivity contribution in [2.45, 2.75) is 18.8 Å². The molecule has 0 spiro atoms. The van der Waals surface area contributed by atoms with Gasteiger partial charge in [0.1, 0.15) is 12.4 Å². The molecule has 6 heteroatoms. The van der Waals surface area contributed by atoms with Crippen molar-refractivity contribution >= 4 is 16.8 Å². The number of amides is 1. The van der Waals surface area contributed by atoms with E-state index in [-0.39, 0.29) is 18.3 Å². The van der Waals surface area contributed by atoms with E-state index in [2.05, 4.69) is 4.98 Å². The second-order valence-corrected chi connectivity index (χ2v) is 6.13. The molecular weight excluding hydrogens is 311 g/mol. The van der Waals surface area contributed by atoms with Crippen molar-refractivity contribution in [1.29, 1.82) is 0 Å². The van der Waals surface area contributed by atoms with Crippen LogP contribution < -0.4 is 0 Å². The Labute approximate surface area is 140 Å². The highest BCUT2D eigenvalue weighted by Gasteiger charge is 2.25. The number of halogens is 1. The molecule has 24 heavy (non-hydrogen) atoms. The Morgan fingerprint density at radius 1 is 1.33 bits per heavy atom. The van der Waals surface area contributed by atoms with Gasteiger partial charge in [-0.2, -0.15) is 0 Å². The van der Waals surface area contributed by atoms with Crippen LogP contribution in [0.25, 0.3) is 10.9 Å². The number of carbonyl (C=O) groups is 1. The van der Waals surface area contributed by atoms with Gasteiger partial charge in [0.2, 0.25) is 5.91 Å². The first kappa shape index (κ1) is 16.9. The number of nitrogens with one attached hydrogen (secondary N) is 1. The van der Waals surface area contributed by atoms with Gasteiger partial charge >= 0.3 is 0 Å². The number of hydrogen-bond acceptors (Lipinski definition) is 3. The van der Waals surface area contributed by atoms with Crippen LogP contribution >= 0.6 is 0 Å². The third kappa shape index (κ3) is 3.76. The summed E-state index contributed by atoms with van der Waals surface area (Å²) in [4.78, 5) is 17.1. The number of piperidine rings is 1. The molecule has 0 atom stereocenters. The van der Waals surface area contributed by atoms with Crippen molar-refractivity contribution in [3.8, 4) is 0 Å². The average Bonchev–Trinajstić information content (AvgIpc) is 3.01. The molecule has 0 unspecified atom stereocenters. The maximum atomic E-state index is 13.3. The predicted molar refractivity (Wildman–Crippen MR) is 89.5 cm³/mol. The number of aromatic amines is 1. The van der Waals surface area contributed by atoms with Crippen LogP contribution in [0.1, 0.15) is 24.3 Å². The normalized spacial score (nSPS) is 16.0. The number of nitrogens with zero attached hydrogens (tertiary/aromatic N) is 1. The first-order valence-corrected chi connectivity index (χ1v) is 8.30. The van der Waals surface area contributed by atoms with Gasteiger partial charge in [-0.05, 0) is 42.5 Å². The minimum Gasteiger partial charge on any atom is -0.382 e. The third-order valence-electron chi connectivity index (χ3n) is 4.62. The fraction of sp³-hybridized carbons (Fsp3) is 0.500. The maximum Gasteiger partial charge on any atom is 0.248 e. The number of rotatable bonds is 6. The van der Waals surface area contributed by atoms with Gasteiger partial charge < -0.3 is 19.4 Å². The van der Waals surface area contributed by atoms with E-state index in [9.17, 15) is 9.18 Å². The topological polar surface area (TPSA) is 54.6 Å². The quantitative estimate of drug-likeness (QED) is 0.827. The molecule has 1 aromatic heterocycles. The molecule has 1 aliphatic rings. The molecule has 1 aromatic carbocycles. The SMILES string of the molecule is COCCOCC(=O)N1CCC(c2c[nH]c3cc(F)ccc23)CC1. The van der Waals surface area contributed by atoms with E-state index in [4.69, 9.17) is 9.47 Å². The number of carbonyl (C=O) groups excluding carboxylic acids is 1. The number of benzene rings is 1. The third-order valence-corrected chi connectivity index (χ3v) is 4.62. The predicted octanol–water partition coefficient (Wildman–Crippen LogP) is 2.68. The van der Waals surface area contributed by atoms with Gasteiger partial charge in [0.25, 0.3) is 0 Å². The summed E-state index contributed by atoms with van der Waals surface area (Å²) in [6.07, 6.45) is 3.79. The molecule has 130 valence electrons. The van der Waals surface area contributed by atoms with Crippen LogP contribution in [-0.4, -0.2) is 55.8 Å². The number of ether oxygens (including phenoxy) is 2. The Balaban J connectivity index is 1.55. The second-order valence-electron chi connectivity index (χ2n) is 6.13. The Kier molecular flexibility index (Phi) is 5.48.